The lowest BCUT2D eigenvalue weighted by Crippen LogP contribution is -2.60. The molecule has 9 unspecified atom stereocenters. The Hall–Kier alpha value is -1.41. The normalized spacial score (nSPS) is 19.2. The molecule has 0 bridgehead atoms. The summed E-state index contributed by atoms with van der Waals surface area (Å²) < 4.78 is 11.2. The van der Waals surface area contributed by atoms with E-state index in [2.05, 4.69) is 43.5 Å². The van der Waals surface area contributed by atoms with Gasteiger partial charge in [0.2, 0.25) is 5.91 Å². The van der Waals surface area contributed by atoms with Crippen LogP contribution in [0.5, 0.6) is 0 Å². The van der Waals surface area contributed by atoms with Crippen LogP contribution in [-0.4, -0.2) is 110 Å². The number of hydrogen-bond acceptors (Lipinski definition) is 10. The second-order valence-corrected chi connectivity index (χ2v) is 25.3. The molecule has 0 aromatic carbocycles. The first-order chi connectivity index (χ1) is 40.2. The summed E-state index contributed by atoms with van der Waals surface area (Å²) in [7, 11) is 0. The first kappa shape index (κ1) is 78.6. The van der Waals surface area contributed by atoms with Gasteiger partial charge in [0.25, 0.3) is 0 Å². The molecule has 1 saturated heterocycles. The van der Waals surface area contributed by atoms with Crippen LogP contribution in [0.4, 0.5) is 0 Å². The minimum atomic E-state index is -1.67. The Morgan fingerprint density at radius 3 is 1.05 bits per heavy atom. The Labute approximate surface area is 505 Å². The van der Waals surface area contributed by atoms with E-state index in [-0.39, 0.29) is 12.8 Å². The van der Waals surface area contributed by atoms with Crippen LogP contribution in [0, 0.1) is 0 Å². The van der Waals surface area contributed by atoms with Gasteiger partial charge in [0, 0.05) is 0 Å². The van der Waals surface area contributed by atoms with Gasteiger partial charge in [0.05, 0.1) is 25.4 Å². The Kier molecular flexibility index (Phi) is 57.4. The zero-order valence-electron chi connectivity index (χ0n) is 53.8. The van der Waals surface area contributed by atoms with Crippen molar-refractivity contribution in [1.82, 2.24) is 5.32 Å². The highest BCUT2D eigenvalue weighted by Crippen LogP contribution is 2.24. The van der Waals surface area contributed by atoms with Crippen molar-refractivity contribution in [2.24, 2.45) is 0 Å². The van der Waals surface area contributed by atoms with E-state index >= 15 is 0 Å². The van der Waals surface area contributed by atoms with E-state index in [0.29, 0.717) is 12.8 Å². The minimum absolute atomic E-state index is 0.256. The van der Waals surface area contributed by atoms with E-state index in [1.165, 1.54) is 276 Å². The van der Waals surface area contributed by atoms with Crippen LogP contribution in [0.15, 0.2) is 24.3 Å². The first-order valence-corrected chi connectivity index (χ1v) is 35.7. The van der Waals surface area contributed by atoms with Gasteiger partial charge in [-0.05, 0) is 64.2 Å². The summed E-state index contributed by atoms with van der Waals surface area (Å²) >= 11 is 0. The van der Waals surface area contributed by atoms with E-state index in [1.807, 2.05) is 0 Å². The van der Waals surface area contributed by atoms with Crippen molar-refractivity contribution >= 4 is 5.91 Å². The van der Waals surface area contributed by atoms with Gasteiger partial charge < -0.3 is 50.5 Å². The maximum Gasteiger partial charge on any atom is 0.249 e. The average Bonchev–Trinajstić information content (AvgIpc) is 3.48. The van der Waals surface area contributed by atoms with Crippen LogP contribution in [0.1, 0.15) is 354 Å². The largest absolute Gasteiger partial charge is 0.394 e. The number of carbonyl (C=O) groups excluding carboxylic acids is 1. The minimum Gasteiger partial charge on any atom is -0.394 e. The third kappa shape index (κ3) is 46.8. The molecule has 486 valence electrons. The predicted molar refractivity (Wildman–Crippen MR) is 344 cm³/mol. The Morgan fingerprint density at radius 1 is 0.415 bits per heavy atom. The van der Waals surface area contributed by atoms with Gasteiger partial charge in [0.15, 0.2) is 6.29 Å². The lowest BCUT2D eigenvalue weighted by molar-refractivity contribution is -0.303. The highest BCUT2D eigenvalue weighted by Gasteiger charge is 2.44. The summed E-state index contributed by atoms with van der Waals surface area (Å²) in [5.74, 6) is -0.700. The Morgan fingerprint density at radius 2 is 0.720 bits per heavy atom. The molecule has 0 aromatic rings. The van der Waals surface area contributed by atoms with Gasteiger partial charge in [0.1, 0.15) is 36.6 Å². The number of nitrogens with one attached hydrogen (secondary N) is 1. The van der Waals surface area contributed by atoms with Gasteiger partial charge in [-0.15, -0.1) is 0 Å². The highest BCUT2D eigenvalue weighted by molar-refractivity contribution is 5.80. The van der Waals surface area contributed by atoms with Crippen molar-refractivity contribution in [2.75, 3.05) is 13.2 Å². The Balaban J connectivity index is 2.21. The molecule has 11 nitrogen and oxygen atoms in total. The number of unbranched alkanes of at least 4 members (excludes halogenated alkanes) is 47. The number of allylic oxidation sites excluding steroid dienone is 4. The fourth-order valence-corrected chi connectivity index (χ4v) is 11.7. The number of amides is 1. The van der Waals surface area contributed by atoms with Crippen molar-refractivity contribution < 1.29 is 50.0 Å². The second kappa shape index (κ2) is 59.9. The molecule has 0 radical (unpaired) electrons. The number of rotatable bonds is 63. The maximum absolute atomic E-state index is 13.3. The summed E-state index contributed by atoms with van der Waals surface area (Å²) in [5.41, 5.74) is 0. The third-order valence-corrected chi connectivity index (χ3v) is 17.5. The van der Waals surface area contributed by atoms with Gasteiger partial charge in [-0.25, -0.2) is 0 Å². The number of carbonyl (C=O) groups is 1. The molecule has 8 N–H and O–H groups in total. The van der Waals surface area contributed by atoms with Crippen LogP contribution < -0.4 is 5.32 Å². The van der Waals surface area contributed by atoms with Crippen molar-refractivity contribution in [3.8, 4) is 0 Å². The van der Waals surface area contributed by atoms with Gasteiger partial charge >= 0.3 is 0 Å². The summed E-state index contributed by atoms with van der Waals surface area (Å²) in [6.45, 7) is 3.50. The molecule has 0 aromatic heterocycles. The number of ether oxygens (including phenoxy) is 2. The monoisotopic (exact) mass is 1160 g/mol. The molecular formula is C71H137NO10. The quantitative estimate of drug-likeness (QED) is 0.0215. The zero-order valence-corrected chi connectivity index (χ0v) is 53.8. The summed E-state index contributed by atoms with van der Waals surface area (Å²) in [5, 5.41) is 76.5. The highest BCUT2D eigenvalue weighted by atomic mass is 16.7. The Bertz CT molecular complexity index is 1380. The van der Waals surface area contributed by atoms with E-state index < -0.39 is 74.2 Å². The zero-order chi connectivity index (χ0) is 59.6. The molecule has 82 heavy (non-hydrogen) atoms. The molecule has 1 aliphatic heterocycles. The molecule has 1 amide bonds. The number of aliphatic hydroxyl groups excluding tert-OH is 7. The lowest BCUT2D eigenvalue weighted by Gasteiger charge is -2.40. The lowest BCUT2D eigenvalue weighted by atomic mass is 9.98. The average molecular weight is 1160 g/mol. The maximum atomic E-state index is 13.3. The molecular weight excluding hydrogens is 1030 g/mol. The SMILES string of the molecule is CCCCCCCCCCCCCC/C=C\CCCCCCCCCCCCCCC(O)C(=O)NC(COC1OC(CO)C(O)C(O)C1O)C(O)C(O)CCC/C=C/CCCCCCCCCCCCCCCCCCCCCCCC. The predicted octanol–water partition coefficient (Wildman–Crippen LogP) is 17.2. The molecule has 1 rings (SSSR count). The molecule has 1 fully saturated rings. The number of aliphatic hydroxyl groups is 7. The van der Waals surface area contributed by atoms with Crippen LogP contribution in [0.3, 0.4) is 0 Å². The summed E-state index contributed by atoms with van der Waals surface area (Å²) in [6.07, 6.45) is 64.1. The van der Waals surface area contributed by atoms with E-state index in [4.69, 9.17) is 9.47 Å². The summed E-state index contributed by atoms with van der Waals surface area (Å²) in [6, 6.07) is -1.19. The van der Waals surface area contributed by atoms with E-state index in [9.17, 15) is 40.5 Å². The molecule has 1 heterocycles. The van der Waals surface area contributed by atoms with Crippen molar-refractivity contribution in [2.45, 2.75) is 409 Å². The van der Waals surface area contributed by atoms with Crippen molar-refractivity contribution in [3.05, 3.63) is 24.3 Å². The molecule has 0 spiro atoms. The second-order valence-electron chi connectivity index (χ2n) is 25.3. The van der Waals surface area contributed by atoms with Crippen molar-refractivity contribution in [3.63, 3.8) is 0 Å². The van der Waals surface area contributed by atoms with Crippen LogP contribution in [-0.2, 0) is 14.3 Å². The fourth-order valence-electron chi connectivity index (χ4n) is 11.7. The van der Waals surface area contributed by atoms with Crippen LogP contribution in [0.2, 0.25) is 0 Å². The third-order valence-electron chi connectivity index (χ3n) is 17.5. The molecule has 0 aliphatic carbocycles. The van der Waals surface area contributed by atoms with Gasteiger partial charge in [-0.1, -0.05) is 314 Å². The molecule has 1 aliphatic rings. The van der Waals surface area contributed by atoms with E-state index in [1.54, 1.807) is 0 Å². The molecule has 0 saturated carbocycles. The first-order valence-electron chi connectivity index (χ1n) is 35.7. The van der Waals surface area contributed by atoms with Gasteiger partial charge in [-0.3, -0.25) is 4.79 Å². The van der Waals surface area contributed by atoms with Crippen LogP contribution >= 0.6 is 0 Å². The standard InChI is InChI=1S/C71H137NO10/c1-3-5-7-9-11-13-15-17-19-21-23-25-27-29-31-33-35-37-39-41-43-45-47-49-51-53-55-57-59-64(75)70(80)72-62(61-81-71-69(79)68(78)67(77)65(60-73)82-71)66(76)63(74)58-56-54-52-50-48-46-44-42-40-38-36-34-32-30-28-26-24-22-20-18-16-14-12-10-8-6-4-2/h29,31,50,52,62-69,71,73-79H,3-28,30,32-49,51,53-61H2,1-2H3,(H,72,80)/b31-29-,52-50+. The van der Waals surface area contributed by atoms with E-state index in [0.717, 1.165) is 38.5 Å². The number of hydrogen-bond donors (Lipinski definition) is 8. The smallest absolute Gasteiger partial charge is 0.249 e. The van der Waals surface area contributed by atoms with Gasteiger partial charge in [-0.2, -0.15) is 0 Å². The fraction of sp³-hybridized carbons (Fsp3) is 0.930. The summed E-state index contributed by atoms with van der Waals surface area (Å²) in [4.78, 5) is 13.3. The molecule has 11 heteroatoms. The molecule has 9 atom stereocenters. The topological polar surface area (TPSA) is 189 Å². The van der Waals surface area contributed by atoms with Crippen molar-refractivity contribution in [1.29, 1.82) is 0 Å². The van der Waals surface area contributed by atoms with Crippen LogP contribution in [0.25, 0.3) is 0 Å².